The highest BCUT2D eigenvalue weighted by molar-refractivity contribution is 6.30. The molecule has 0 spiro atoms. The molecule has 104 valence electrons. The number of hydrogen-bond donors (Lipinski definition) is 1. The molecule has 1 atom stereocenters. The molecule has 0 amide bonds. The molecule has 0 fully saturated rings. The third-order valence-electron chi connectivity index (χ3n) is 3.01. The minimum absolute atomic E-state index is 0.120. The lowest BCUT2D eigenvalue weighted by Gasteiger charge is -2.32. The summed E-state index contributed by atoms with van der Waals surface area (Å²) in [5.74, 6) is 0.534. The van der Waals surface area contributed by atoms with Crippen molar-refractivity contribution in [2.45, 2.75) is 26.3 Å². The summed E-state index contributed by atoms with van der Waals surface area (Å²) in [4.78, 5) is 2.28. The molecular weight excluding hydrogens is 258 g/mol. The molecule has 1 rings (SSSR count). The van der Waals surface area contributed by atoms with Crippen LogP contribution in [0.1, 0.15) is 31.9 Å². The molecule has 0 heterocycles. The summed E-state index contributed by atoms with van der Waals surface area (Å²) < 4.78 is 0. The Hall–Kier alpha value is -1.08. The SMILES string of the molecule is CC(C)CN(CCC#N)C(CN)c1cccc(Cl)c1. The number of nitrogens with two attached hydrogens (primary N) is 1. The molecule has 1 aromatic rings. The van der Waals surface area contributed by atoms with Crippen LogP contribution in [0.3, 0.4) is 0 Å². The summed E-state index contributed by atoms with van der Waals surface area (Å²) in [5, 5.41) is 9.51. The van der Waals surface area contributed by atoms with E-state index in [9.17, 15) is 0 Å². The third kappa shape index (κ3) is 5.20. The van der Waals surface area contributed by atoms with Gasteiger partial charge in [-0.3, -0.25) is 4.90 Å². The number of nitrogens with zero attached hydrogens (tertiary/aromatic N) is 2. The van der Waals surface area contributed by atoms with Crippen LogP contribution in [-0.2, 0) is 0 Å². The molecule has 1 aromatic carbocycles. The molecule has 0 aliphatic rings. The van der Waals surface area contributed by atoms with E-state index in [1.165, 1.54) is 0 Å². The van der Waals surface area contributed by atoms with Gasteiger partial charge in [0.05, 0.1) is 6.07 Å². The van der Waals surface area contributed by atoms with E-state index in [0.717, 1.165) is 23.7 Å². The molecular formula is C15H22ClN3. The largest absolute Gasteiger partial charge is 0.329 e. The van der Waals surface area contributed by atoms with E-state index in [-0.39, 0.29) is 6.04 Å². The second-order valence-corrected chi connectivity index (χ2v) is 5.54. The molecule has 0 radical (unpaired) electrons. The lowest BCUT2D eigenvalue weighted by molar-refractivity contribution is 0.183. The van der Waals surface area contributed by atoms with Crippen LogP contribution in [0.25, 0.3) is 0 Å². The van der Waals surface area contributed by atoms with Crippen LogP contribution < -0.4 is 5.73 Å². The minimum atomic E-state index is 0.120. The smallest absolute Gasteiger partial charge is 0.0635 e. The predicted molar refractivity (Wildman–Crippen MR) is 79.9 cm³/mol. The molecule has 0 bridgehead atoms. The molecule has 0 aliphatic carbocycles. The van der Waals surface area contributed by atoms with Crippen LogP contribution in [-0.4, -0.2) is 24.5 Å². The van der Waals surface area contributed by atoms with Crippen molar-refractivity contribution in [2.75, 3.05) is 19.6 Å². The summed E-state index contributed by atoms with van der Waals surface area (Å²) in [7, 11) is 0. The maximum absolute atomic E-state index is 8.79. The normalized spacial score (nSPS) is 12.7. The van der Waals surface area contributed by atoms with Crippen molar-refractivity contribution < 1.29 is 0 Å². The molecule has 19 heavy (non-hydrogen) atoms. The molecule has 1 unspecified atom stereocenters. The van der Waals surface area contributed by atoms with E-state index in [2.05, 4.69) is 24.8 Å². The highest BCUT2D eigenvalue weighted by atomic mass is 35.5. The van der Waals surface area contributed by atoms with Crippen LogP contribution in [0.5, 0.6) is 0 Å². The maximum Gasteiger partial charge on any atom is 0.0635 e. The maximum atomic E-state index is 8.79. The molecule has 2 N–H and O–H groups in total. The molecule has 0 saturated heterocycles. The summed E-state index contributed by atoms with van der Waals surface area (Å²) in [6.45, 7) is 6.54. The van der Waals surface area contributed by atoms with Crippen LogP contribution >= 0.6 is 11.6 Å². The van der Waals surface area contributed by atoms with Gasteiger partial charge in [0.1, 0.15) is 0 Å². The average molecular weight is 280 g/mol. The first-order valence-corrected chi connectivity index (χ1v) is 7.02. The summed E-state index contributed by atoms with van der Waals surface area (Å²) in [6, 6.07) is 10.1. The van der Waals surface area contributed by atoms with Crippen LogP contribution in [0.2, 0.25) is 5.02 Å². The Kier molecular flexibility index (Phi) is 6.86. The lowest BCUT2D eigenvalue weighted by atomic mass is 10.0. The van der Waals surface area contributed by atoms with Crippen LogP contribution in [0.15, 0.2) is 24.3 Å². The summed E-state index contributed by atoms with van der Waals surface area (Å²) in [6.07, 6.45) is 0.518. The molecule has 3 nitrogen and oxygen atoms in total. The van der Waals surface area contributed by atoms with Crippen molar-refractivity contribution in [3.8, 4) is 6.07 Å². The van der Waals surface area contributed by atoms with E-state index >= 15 is 0 Å². The summed E-state index contributed by atoms with van der Waals surface area (Å²) >= 11 is 6.05. The van der Waals surface area contributed by atoms with Gasteiger partial charge in [-0.25, -0.2) is 0 Å². The highest BCUT2D eigenvalue weighted by Gasteiger charge is 2.19. The van der Waals surface area contributed by atoms with Crippen molar-refractivity contribution in [1.82, 2.24) is 4.90 Å². The van der Waals surface area contributed by atoms with Gasteiger partial charge in [-0.1, -0.05) is 37.6 Å². The Morgan fingerprint density at radius 3 is 2.68 bits per heavy atom. The van der Waals surface area contributed by atoms with Crippen molar-refractivity contribution in [1.29, 1.82) is 5.26 Å². The predicted octanol–water partition coefficient (Wildman–Crippen LogP) is 3.21. The van der Waals surface area contributed by atoms with Gasteiger partial charge in [0.25, 0.3) is 0 Å². The first-order chi connectivity index (χ1) is 9.08. The minimum Gasteiger partial charge on any atom is -0.329 e. The monoisotopic (exact) mass is 279 g/mol. The number of halogens is 1. The van der Waals surface area contributed by atoms with E-state index in [1.807, 2.05) is 24.3 Å². The van der Waals surface area contributed by atoms with Gasteiger partial charge < -0.3 is 5.73 Å². The van der Waals surface area contributed by atoms with Crippen molar-refractivity contribution >= 4 is 11.6 Å². The third-order valence-corrected chi connectivity index (χ3v) is 3.24. The fourth-order valence-electron chi connectivity index (χ4n) is 2.25. The molecule has 0 saturated carbocycles. The Labute approximate surface area is 121 Å². The molecule has 0 aromatic heterocycles. The second-order valence-electron chi connectivity index (χ2n) is 5.10. The van der Waals surface area contributed by atoms with Gasteiger partial charge in [0.15, 0.2) is 0 Å². The van der Waals surface area contributed by atoms with Gasteiger partial charge in [-0.15, -0.1) is 0 Å². The van der Waals surface area contributed by atoms with E-state index in [1.54, 1.807) is 0 Å². The zero-order valence-corrected chi connectivity index (χ0v) is 12.4. The Morgan fingerprint density at radius 1 is 1.42 bits per heavy atom. The fraction of sp³-hybridized carbons (Fsp3) is 0.533. The first kappa shape index (κ1) is 16.0. The second kappa shape index (κ2) is 8.16. The Morgan fingerprint density at radius 2 is 2.16 bits per heavy atom. The van der Waals surface area contributed by atoms with Crippen molar-refractivity contribution in [2.24, 2.45) is 11.7 Å². The zero-order chi connectivity index (χ0) is 14.3. The Balaban J connectivity index is 2.91. The number of hydrogen-bond acceptors (Lipinski definition) is 3. The zero-order valence-electron chi connectivity index (χ0n) is 11.6. The van der Waals surface area contributed by atoms with Gasteiger partial charge in [0, 0.05) is 37.1 Å². The van der Waals surface area contributed by atoms with Gasteiger partial charge in [0.2, 0.25) is 0 Å². The number of nitriles is 1. The standard InChI is InChI=1S/C15H22ClN3/c1-12(2)11-19(8-4-7-17)15(10-18)13-5-3-6-14(16)9-13/h3,5-6,9,12,15H,4,8,10-11,18H2,1-2H3. The Bertz CT molecular complexity index is 426. The van der Waals surface area contributed by atoms with Crippen LogP contribution in [0, 0.1) is 17.2 Å². The fourth-order valence-corrected chi connectivity index (χ4v) is 2.45. The van der Waals surface area contributed by atoms with Gasteiger partial charge >= 0.3 is 0 Å². The van der Waals surface area contributed by atoms with Crippen LogP contribution in [0.4, 0.5) is 0 Å². The number of benzene rings is 1. The van der Waals surface area contributed by atoms with E-state index in [4.69, 9.17) is 22.6 Å². The lowest BCUT2D eigenvalue weighted by Crippen LogP contribution is -2.37. The first-order valence-electron chi connectivity index (χ1n) is 6.65. The van der Waals surface area contributed by atoms with Crippen molar-refractivity contribution in [3.05, 3.63) is 34.9 Å². The molecule has 0 aliphatic heterocycles. The van der Waals surface area contributed by atoms with E-state index < -0.39 is 0 Å². The number of rotatable bonds is 7. The van der Waals surface area contributed by atoms with Crippen molar-refractivity contribution in [3.63, 3.8) is 0 Å². The van der Waals surface area contributed by atoms with E-state index in [0.29, 0.717) is 18.9 Å². The highest BCUT2D eigenvalue weighted by Crippen LogP contribution is 2.23. The molecule has 4 heteroatoms. The van der Waals surface area contributed by atoms with Gasteiger partial charge in [-0.2, -0.15) is 5.26 Å². The topological polar surface area (TPSA) is 53.0 Å². The quantitative estimate of drug-likeness (QED) is 0.834. The van der Waals surface area contributed by atoms with Gasteiger partial charge in [-0.05, 0) is 23.6 Å². The summed E-state index contributed by atoms with van der Waals surface area (Å²) in [5.41, 5.74) is 7.05. The average Bonchev–Trinajstić information content (AvgIpc) is 2.36.